The molecule has 164 valence electrons. The number of benzene rings is 2. The van der Waals surface area contributed by atoms with Crippen LogP contribution in [0.3, 0.4) is 0 Å². The molecule has 1 aliphatic heterocycles. The van der Waals surface area contributed by atoms with Gasteiger partial charge in [-0.2, -0.15) is 0 Å². The second-order valence-electron chi connectivity index (χ2n) is 7.30. The number of amides is 2. The Morgan fingerprint density at radius 1 is 0.969 bits per heavy atom. The van der Waals surface area contributed by atoms with Crippen molar-refractivity contribution in [1.82, 2.24) is 10.3 Å². The zero-order valence-corrected chi connectivity index (χ0v) is 18.0. The van der Waals surface area contributed by atoms with Crippen molar-refractivity contribution in [2.24, 2.45) is 0 Å². The molecule has 2 heterocycles. The topological polar surface area (TPSA) is 108 Å². The Morgan fingerprint density at radius 2 is 1.78 bits per heavy atom. The van der Waals surface area contributed by atoms with Gasteiger partial charge in [-0.15, -0.1) is 0 Å². The highest BCUT2D eigenvalue weighted by Gasteiger charge is 2.28. The van der Waals surface area contributed by atoms with E-state index in [0.717, 1.165) is 5.56 Å². The summed E-state index contributed by atoms with van der Waals surface area (Å²) in [6, 6.07) is 17.2. The van der Waals surface area contributed by atoms with E-state index in [2.05, 4.69) is 15.6 Å². The van der Waals surface area contributed by atoms with E-state index in [0.29, 0.717) is 35.5 Å². The first-order valence-electron chi connectivity index (χ1n) is 10.1. The lowest BCUT2D eigenvalue weighted by atomic mass is 10.1. The molecule has 0 spiro atoms. The maximum Gasteiger partial charge on any atom is 0.257 e. The quantitative estimate of drug-likeness (QED) is 0.575. The smallest absolute Gasteiger partial charge is 0.257 e. The number of hydrogen-bond donors (Lipinski definition) is 2. The van der Waals surface area contributed by atoms with Crippen LogP contribution in [0.2, 0.25) is 0 Å². The molecule has 0 fully saturated rings. The van der Waals surface area contributed by atoms with Gasteiger partial charge in [-0.3, -0.25) is 18.9 Å². The van der Waals surface area contributed by atoms with Crippen molar-refractivity contribution in [2.45, 2.75) is 6.42 Å². The summed E-state index contributed by atoms with van der Waals surface area (Å²) in [6.07, 6.45) is 3.70. The fraction of sp³-hybridized carbons (Fsp3) is 0.174. The van der Waals surface area contributed by atoms with Crippen molar-refractivity contribution in [3.63, 3.8) is 0 Å². The molecular formula is C23H22N4O4S. The fourth-order valence-corrected chi connectivity index (χ4v) is 4.97. The van der Waals surface area contributed by atoms with Gasteiger partial charge in [0.1, 0.15) is 0 Å². The number of anilines is 2. The Balaban J connectivity index is 1.35. The van der Waals surface area contributed by atoms with Gasteiger partial charge in [0.15, 0.2) is 0 Å². The van der Waals surface area contributed by atoms with Crippen molar-refractivity contribution in [2.75, 3.05) is 28.5 Å². The molecule has 0 unspecified atom stereocenters. The predicted octanol–water partition coefficient (Wildman–Crippen LogP) is 2.46. The largest absolute Gasteiger partial charge is 0.351 e. The van der Waals surface area contributed by atoms with Gasteiger partial charge in [0.05, 0.1) is 17.0 Å². The molecule has 2 amide bonds. The minimum absolute atomic E-state index is 0.0217. The number of para-hydroxylation sites is 1. The van der Waals surface area contributed by atoms with Crippen molar-refractivity contribution in [1.29, 1.82) is 0 Å². The monoisotopic (exact) mass is 450 g/mol. The second kappa shape index (κ2) is 9.19. The molecule has 0 aliphatic carbocycles. The molecule has 2 N–H and O–H groups in total. The summed E-state index contributed by atoms with van der Waals surface area (Å²) in [5.41, 5.74) is 2.88. The third-order valence-corrected chi connectivity index (χ3v) is 6.90. The molecule has 0 radical (unpaired) electrons. The number of nitrogens with one attached hydrogen (secondary N) is 2. The summed E-state index contributed by atoms with van der Waals surface area (Å²) in [5.74, 6) is -0.961. The Morgan fingerprint density at radius 3 is 2.59 bits per heavy atom. The molecule has 4 rings (SSSR count). The van der Waals surface area contributed by atoms with Crippen LogP contribution in [-0.4, -0.2) is 44.1 Å². The highest BCUT2D eigenvalue weighted by Crippen LogP contribution is 2.29. The van der Waals surface area contributed by atoms with Crippen LogP contribution in [0.15, 0.2) is 73.1 Å². The fourth-order valence-electron chi connectivity index (χ4n) is 3.54. The third kappa shape index (κ3) is 4.78. The molecule has 8 nitrogen and oxygen atoms in total. The van der Waals surface area contributed by atoms with E-state index in [-0.39, 0.29) is 18.2 Å². The Hall–Kier alpha value is -3.72. The van der Waals surface area contributed by atoms with Crippen LogP contribution in [0.4, 0.5) is 11.4 Å². The molecule has 9 heteroatoms. The van der Waals surface area contributed by atoms with Crippen LogP contribution in [0.1, 0.15) is 26.3 Å². The minimum atomic E-state index is -3.55. The summed E-state index contributed by atoms with van der Waals surface area (Å²) in [5, 5.41) is 5.37. The van der Waals surface area contributed by atoms with Gasteiger partial charge in [-0.05, 0) is 48.4 Å². The lowest BCUT2D eigenvalue weighted by Gasteiger charge is -2.19. The first-order valence-corrected chi connectivity index (χ1v) is 11.7. The SMILES string of the molecule is O=C(NCCS(=O)(=O)N1CCc2ccccc21)c1cccc(NC(=O)c2cccnc2)c1. The Kier molecular flexibility index (Phi) is 6.18. The molecule has 0 saturated carbocycles. The zero-order valence-electron chi connectivity index (χ0n) is 17.2. The van der Waals surface area contributed by atoms with E-state index < -0.39 is 15.9 Å². The summed E-state index contributed by atoms with van der Waals surface area (Å²) in [6.45, 7) is 0.389. The predicted molar refractivity (Wildman–Crippen MR) is 122 cm³/mol. The van der Waals surface area contributed by atoms with Gasteiger partial charge < -0.3 is 10.6 Å². The second-order valence-corrected chi connectivity index (χ2v) is 9.31. The first-order chi connectivity index (χ1) is 15.4. The third-order valence-electron chi connectivity index (χ3n) is 5.13. The zero-order chi connectivity index (χ0) is 22.6. The number of pyridine rings is 1. The van der Waals surface area contributed by atoms with E-state index >= 15 is 0 Å². The van der Waals surface area contributed by atoms with E-state index in [9.17, 15) is 18.0 Å². The van der Waals surface area contributed by atoms with Crippen LogP contribution < -0.4 is 14.9 Å². The van der Waals surface area contributed by atoms with E-state index in [1.807, 2.05) is 18.2 Å². The number of rotatable bonds is 7. The standard InChI is InChI=1S/C23H22N4O4S/c28-22(18-6-3-8-20(15-18)26-23(29)19-7-4-11-24-16-19)25-12-14-32(30,31)27-13-10-17-5-1-2-9-21(17)27/h1-9,11,15-16H,10,12-14H2,(H,25,28)(H,26,29). The van der Waals surface area contributed by atoms with Crippen LogP contribution in [0.25, 0.3) is 0 Å². The highest BCUT2D eigenvalue weighted by molar-refractivity contribution is 7.92. The van der Waals surface area contributed by atoms with Crippen molar-refractivity contribution >= 4 is 33.2 Å². The van der Waals surface area contributed by atoms with Crippen molar-refractivity contribution in [3.05, 3.63) is 89.7 Å². The average molecular weight is 451 g/mol. The first kappa shape index (κ1) is 21.5. The summed E-state index contributed by atoms with van der Waals surface area (Å²) in [7, 11) is -3.55. The molecule has 0 saturated heterocycles. The molecule has 0 atom stereocenters. The van der Waals surface area contributed by atoms with Crippen molar-refractivity contribution in [3.8, 4) is 0 Å². The van der Waals surface area contributed by atoms with Gasteiger partial charge >= 0.3 is 0 Å². The number of carbonyl (C=O) groups excluding carboxylic acids is 2. The van der Waals surface area contributed by atoms with Crippen molar-refractivity contribution < 1.29 is 18.0 Å². The van der Waals surface area contributed by atoms with Crippen LogP contribution in [-0.2, 0) is 16.4 Å². The highest BCUT2D eigenvalue weighted by atomic mass is 32.2. The molecule has 0 bridgehead atoms. The lowest BCUT2D eigenvalue weighted by molar-refractivity contribution is 0.0954. The summed E-state index contributed by atoms with van der Waals surface area (Å²) in [4.78, 5) is 28.7. The molecular weight excluding hydrogens is 428 g/mol. The number of hydrogen-bond acceptors (Lipinski definition) is 5. The Labute approximate surface area is 186 Å². The van der Waals surface area contributed by atoms with E-state index in [1.54, 1.807) is 42.6 Å². The van der Waals surface area contributed by atoms with Crippen LogP contribution in [0.5, 0.6) is 0 Å². The Bertz CT molecular complexity index is 1250. The van der Waals surface area contributed by atoms with Crippen LogP contribution >= 0.6 is 0 Å². The molecule has 32 heavy (non-hydrogen) atoms. The number of sulfonamides is 1. The molecule has 1 aliphatic rings. The molecule has 1 aromatic heterocycles. The number of carbonyl (C=O) groups is 2. The van der Waals surface area contributed by atoms with E-state index in [1.165, 1.54) is 16.6 Å². The van der Waals surface area contributed by atoms with Gasteiger partial charge in [-0.1, -0.05) is 24.3 Å². The van der Waals surface area contributed by atoms with E-state index in [4.69, 9.17) is 0 Å². The number of aromatic nitrogens is 1. The molecule has 2 aromatic carbocycles. The molecule has 3 aromatic rings. The summed E-state index contributed by atoms with van der Waals surface area (Å²) < 4.78 is 26.9. The number of fused-ring (bicyclic) bond motifs is 1. The maximum absolute atomic E-state index is 12.7. The average Bonchev–Trinajstić information content (AvgIpc) is 3.25. The van der Waals surface area contributed by atoms with Crippen LogP contribution in [0, 0.1) is 0 Å². The number of nitrogens with zero attached hydrogens (tertiary/aromatic N) is 2. The van der Waals surface area contributed by atoms with Gasteiger partial charge in [-0.25, -0.2) is 8.42 Å². The summed E-state index contributed by atoms with van der Waals surface area (Å²) >= 11 is 0. The van der Waals surface area contributed by atoms with Gasteiger partial charge in [0, 0.05) is 36.7 Å². The van der Waals surface area contributed by atoms with Gasteiger partial charge in [0.2, 0.25) is 10.0 Å². The normalized spacial score (nSPS) is 12.8. The maximum atomic E-state index is 12.7. The minimum Gasteiger partial charge on any atom is -0.351 e. The lowest BCUT2D eigenvalue weighted by Crippen LogP contribution is -2.37. The van der Waals surface area contributed by atoms with Gasteiger partial charge in [0.25, 0.3) is 11.8 Å².